The molecule has 0 bridgehead atoms. The zero-order valence-electron chi connectivity index (χ0n) is 8.33. The number of aliphatic hydroxyl groups is 1. The van der Waals surface area contributed by atoms with E-state index in [-0.39, 0.29) is 11.3 Å². The SMILES string of the molecule is COC(=O)/C(C1=NCCCN1)=C(/C)O. The first-order valence-corrected chi connectivity index (χ1v) is 4.43. The largest absolute Gasteiger partial charge is 0.512 e. The first-order chi connectivity index (χ1) is 6.66. The van der Waals surface area contributed by atoms with Crippen molar-refractivity contribution in [3.63, 3.8) is 0 Å². The van der Waals surface area contributed by atoms with Crippen LogP contribution in [0.3, 0.4) is 0 Å². The third-order valence-corrected chi connectivity index (χ3v) is 1.89. The van der Waals surface area contributed by atoms with Gasteiger partial charge in [0.05, 0.1) is 7.11 Å². The van der Waals surface area contributed by atoms with Crippen molar-refractivity contribution in [2.45, 2.75) is 13.3 Å². The van der Waals surface area contributed by atoms with Crippen LogP contribution in [-0.4, -0.2) is 37.1 Å². The summed E-state index contributed by atoms with van der Waals surface area (Å²) in [6, 6.07) is 0. The number of aliphatic hydroxyl groups excluding tert-OH is 1. The molecule has 0 saturated carbocycles. The lowest BCUT2D eigenvalue weighted by Crippen LogP contribution is -2.34. The Morgan fingerprint density at radius 3 is 2.79 bits per heavy atom. The van der Waals surface area contributed by atoms with E-state index in [0.717, 1.165) is 13.0 Å². The Morgan fingerprint density at radius 1 is 1.64 bits per heavy atom. The summed E-state index contributed by atoms with van der Waals surface area (Å²) in [5.74, 6) is -0.230. The number of carbonyl (C=O) groups excluding carboxylic acids is 1. The number of nitrogens with one attached hydrogen (secondary N) is 1. The fraction of sp³-hybridized carbons (Fsp3) is 0.556. The van der Waals surface area contributed by atoms with Gasteiger partial charge in [0.2, 0.25) is 0 Å². The predicted molar refractivity (Wildman–Crippen MR) is 52.3 cm³/mol. The van der Waals surface area contributed by atoms with Crippen LogP contribution in [0.1, 0.15) is 13.3 Å². The Balaban J connectivity index is 2.94. The summed E-state index contributed by atoms with van der Waals surface area (Å²) in [4.78, 5) is 15.4. The molecule has 5 nitrogen and oxygen atoms in total. The molecule has 1 heterocycles. The van der Waals surface area contributed by atoms with E-state index >= 15 is 0 Å². The second-order valence-corrected chi connectivity index (χ2v) is 2.96. The third-order valence-electron chi connectivity index (χ3n) is 1.89. The van der Waals surface area contributed by atoms with Gasteiger partial charge in [-0.05, 0) is 13.3 Å². The van der Waals surface area contributed by atoms with Gasteiger partial charge in [0.15, 0.2) is 0 Å². The third kappa shape index (κ3) is 2.25. The van der Waals surface area contributed by atoms with E-state index < -0.39 is 5.97 Å². The number of rotatable bonds is 2. The molecule has 14 heavy (non-hydrogen) atoms. The fourth-order valence-electron chi connectivity index (χ4n) is 1.22. The molecule has 0 spiro atoms. The molecule has 1 rings (SSSR count). The highest BCUT2D eigenvalue weighted by molar-refractivity contribution is 6.19. The van der Waals surface area contributed by atoms with Gasteiger partial charge in [-0.2, -0.15) is 0 Å². The van der Waals surface area contributed by atoms with Gasteiger partial charge in [-0.3, -0.25) is 4.99 Å². The molecule has 0 aliphatic carbocycles. The Kier molecular flexibility index (Phi) is 3.50. The monoisotopic (exact) mass is 198 g/mol. The molecular weight excluding hydrogens is 184 g/mol. The molecule has 0 amide bonds. The first-order valence-electron chi connectivity index (χ1n) is 4.43. The molecule has 0 unspecified atom stereocenters. The lowest BCUT2D eigenvalue weighted by molar-refractivity contribution is -0.135. The Morgan fingerprint density at radius 2 is 2.36 bits per heavy atom. The molecule has 0 radical (unpaired) electrons. The molecule has 1 aliphatic rings. The van der Waals surface area contributed by atoms with Crippen molar-refractivity contribution in [3.8, 4) is 0 Å². The van der Waals surface area contributed by atoms with Crippen LogP contribution in [0, 0.1) is 0 Å². The Hall–Kier alpha value is -1.52. The fourth-order valence-corrected chi connectivity index (χ4v) is 1.22. The van der Waals surface area contributed by atoms with Crippen LogP contribution in [0.15, 0.2) is 16.3 Å². The molecule has 0 atom stereocenters. The van der Waals surface area contributed by atoms with Crippen LogP contribution < -0.4 is 5.32 Å². The van der Waals surface area contributed by atoms with Gasteiger partial charge in [0.1, 0.15) is 17.2 Å². The quantitative estimate of drug-likeness (QED) is 0.382. The minimum Gasteiger partial charge on any atom is -0.512 e. The molecule has 0 saturated heterocycles. The second-order valence-electron chi connectivity index (χ2n) is 2.96. The van der Waals surface area contributed by atoms with E-state index in [1.807, 2.05) is 0 Å². The zero-order valence-corrected chi connectivity index (χ0v) is 8.33. The molecule has 0 fully saturated rings. The molecule has 0 aromatic carbocycles. The number of carbonyl (C=O) groups is 1. The summed E-state index contributed by atoms with van der Waals surface area (Å²) in [5, 5.41) is 12.3. The van der Waals surface area contributed by atoms with Crippen LogP contribution >= 0.6 is 0 Å². The van der Waals surface area contributed by atoms with Gasteiger partial charge in [-0.15, -0.1) is 0 Å². The molecular formula is C9H14N2O3. The Bertz CT molecular complexity index is 290. The molecule has 2 N–H and O–H groups in total. The summed E-state index contributed by atoms with van der Waals surface area (Å²) < 4.78 is 4.55. The maximum atomic E-state index is 11.3. The predicted octanol–water partition coefficient (Wildman–Crippen LogP) is 0.383. The number of hydrogen-bond donors (Lipinski definition) is 2. The molecule has 0 aromatic rings. The molecule has 0 aromatic heterocycles. The number of allylic oxidation sites excluding steroid dienone is 1. The normalized spacial score (nSPS) is 17.7. The van der Waals surface area contributed by atoms with E-state index in [1.54, 1.807) is 0 Å². The second kappa shape index (κ2) is 4.64. The highest BCUT2D eigenvalue weighted by Crippen LogP contribution is 2.07. The Labute approximate surface area is 82.5 Å². The molecule has 5 heteroatoms. The number of amidine groups is 1. The first kappa shape index (κ1) is 10.6. The van der Waals surface area contributed by atoms with Crippen LogP contribution in [-0.2, 0) is 9.53 Å². The van der Waals surface area contributed by atoms with Crippen LogP contribution in [0.4, 0.5) is 0 Å². The summed E-state index contributed by atoms with van der Waals surface area (Å²) in [5.41, 5.74) is 0.118. The summed E-state index contributed by atoms with van der Waals surface area (Å²) in [6.45, 7) is 2.85. The van der Waals surface area contributed by atoms with E-state index in [9.17, 15) is 9.90 Å². The van der Waals surface area contributed by atoms with Gasteiger partial charge >= 0.3 is 5.97 Å². The lowest BCUT2D eigenvalue weighted by Gasteiger charge is -2.16. The van der Waals surface area contributed by atoms with Gasteiger partial charge < -0.3 is 15.2 Å². The number of esters is 1. The minimum atomic E-state index is -0.571. The topological polar surface area (TPSA) is 70.9 Å². The van der Waals surface area contributed by atoms with Crippen molar-refractivity contribution in [3.05, 3.63) is 11.3 Å². The highest BCUT2D eigenvalue weighted by atomic mass is 16.5. The number of hydrogen-bond acceptors (Lipinski definition) is 5. The summed E-state index contributed by atoms with van der Waals surface area (Å²) >= 11 is 0. The maximum absolute atomic E-state index is 11.3. The van der Waals surface area contributed by atoms with Crippen LogP contribution in [0.2, 0.25) is 0 Å². The van der Waals surface area contributed by atoms with Gasteiger partial charge in [0.25, 0.3) is 0 Å². The number of aliphatic imine (C=N–C) groups is 1. The number of nitrogens with zero attached hydrogens (tertiary/aromatic N) is 1. The van der Waals surface area contributed by atoms with Crippen molar-refractivity contribution >= 4 is 11.8 Å². The minimum absolute atomic E-state index is 0.0787. The van der Waals surface area contributed by atoms with E-state index in [1.165, 1.54) is 14.0 Å². The van der Waals surface area contributed by atoms with E-state index in [0.29, 0.717) is 12.4 Å². The van der Waals surface area contributed by atoms with Gasteiger partial charge in [-0.1, -0.05) is 0 Å². The van der Waals surface area contributed by atoms with Crippen LogP contribution in [0.5, 0.6) is 0 Å². The van der Waals surface area contributed by atoms with E-state index in [2.05, 4.69) is 15.0 Å². The van der Waals surface area contributed by atoms with Crippen molar-refractivity contribution < 1.29 is 14.6 Å². The molecule has 1 aliphatic heterocycles. The lowest BCUT2D eigenvalue weighted by atomic mass is 10.2. The van der Waals surface area contributed by atoms with Crippen LogP contribution in [0.25, 0.3) is 0 Å². The maximum Gasteiger partial charge on any atom is 0.345 e. The standard InChI is InChI=1S/C9H14N2O3/c1-6(12)7(9(13)14-2)8-10-4-3-5-11-8/h12H,3-5H2,1-2H3,(H,10,11)/b7-6-. The number of ether oxygens (including phenoxy) is 1. The van der Waals surface area contributed by atoms with Crippen molar-refractivity contribution in [1.29, 1.82) is 0 Å². The summed E-state index contributed by atoms with van der Waals surface area (Å²) in [7, 11) is 1.27. The molecule has 78 valence electrons. The average molecular weight is 198 g/mol. The average Bonchev–Trinajstić information content (AvgIpc) is 2.19. The van der Waals surface area contributed by atoms with Gasteiger partial charge in [0, 0.05) is 13.1 Å². The number of methoxy groups -OCH3 is 1. The van der Waals surface area contributed by atoms with Crippen molar-refractivity contribution in [2.75, 3.05) is 20.2 Å². The van der Waals surface area contributed by atoms with E-state index in [4.69, 9.17) is 0 Å². The van der Waals surface area contributed by atoms with Crippen molar-refractivity contribution in [2.24, 2.45) is 4.99 Å². The van der Waals surface area contributed by atoms with Gasteiger partial charge in [-0.25, -0.2) is 4.79 Å². The summed E-state index contributed by atoms with van der Waals surface area (Å²) in [6.07, 6.45) is 0.933. The van der Waals surface area contributed by atoms with Crippen molar-refractivity contribution in [1.82, 2.24) is 5.32 Å². The smallest absolute Gasteiger partial charge is 0.345 e. The highest BCUT2D eigenvalue weighted by Gasteiger charge is 2.21. The zero-order chi connectivity index (χ0) is 10.6.